The Hall–Kier alpha value is -4.54. The number of anilines is 1. The van der Waals surface area contributed by atoms with Gasteiger partial charge in [-0.3, -0.25) is 4.68 Å². The lowest BCUT2D eigenvalue weighted by molar-refractivity contribution is 0.0601. The Bertz CT molecular complexity index is 1970. The van der Waals surface area contributed by atoms with Gasteiger partial charge in [0.05, 0.1) is 29.2 Å². The Morgan fingerprint density at radius 2 is 1.83 bits per heavy atom. The van der Waals surface area contributed by atoms with Crippen LogP contribution in [0, 0.1) is 23.0 Å². The number of fused-ring (bicyclic) bond motifs is 2. The first-order valence-electron chi connectivity index (χ1n) is 16.0. The first-order valence-corrected chi connectivity index (χ1v) is 16.0. The van der Waals surface area contributed by atoms with Crippen LogP contribution in [0.15, 0.2) is 48.7 Å². The van der Waals surface area contributed by atoms with E-state index in [-0.39, 0.29) is 29.7 Å². The summed E-state index contributed by atoms with van der Waals surface area (Å²) in [4.78, 5) is 23.6. The molecule has 238 valence electrons. The Labute approximate surface area is 265 Å². The molecule has 0 N–H and O–H groups in total. The second-order valence-electron chi connectivity index (χ2n) is 13.2. The average molecular weight is 627 g/mol. The summed E-state index contributed by atoms with van der Waals surface area (Å²) in [5, 5.41) is 5.34. The summed E-state index contributed by atoms with van der Waals surface area (Å²) in [5.74, 6) is 0.0680. The van der Waals surface area contributed by atoms with E-state index >= 15 is 4.39 Å². The van der Waals surface area contributed by atoms with Crippen molar-refractivity contribution in [2.45, 2.75) is 57.6 Å². The van der Waals surface area contributed by atoms with Crippen LogP contribution in [0.1, 0.15) is 66.2 Å². The number of ether oxygens (including phenoxy) is 2. The third-order valence-electron chi connectivity index (χ3n) is 10.4. The monoisotopic (exact) mass is 626 g/mol. The standard InChI is InChI=1S/C35H36F2N6O3/c1-41-19-24-14-22(6-8-28(24)40-41)20-46-33-27(37)16-26(36)32(39-33)42-12-10-35(11-13-42)17-25(35)31-38-29-9-7-23(34(44)45-2)15-30(29)43(31)18-21-4-3-5-21/h6-9,14-16,19,21,25H,3-5,10-13,17-18,20H2,1-2H3. The molecule has 1 unspecified atom stereocenters. The smallest absolute Gasteiger partial charge is 0.337 e. The van der Waals surface area contributed by atoms with Gasteiger partial charge < -0.3 is 18.9 Å². The summed E-state index contributed by atoms with van der Waals surface area (Å²) in [6.07, 6.45) is 8.32. The number of pyridine rings is 1. The van der Waals surface area contributed by atoms with Crippen LogP contribution in [-0.2, 0) is 24.9 Å². The molecule has 46 heavy (non-hydrogen) atoms. The van der Waals surface area contributed by atoms with E-state index < -0.39 is 11.6 Å². The number of rotatable bonds is 8. The van der Waals surface area contributed by atoms with Gasteiger partial charge in [-0.1, -0.05) is 12.5 Å². The fraction of sp³-hybridized carbons (Fsp3) is 0.429. The van der Waals surface area contributed by atoms with Crippen LogP contribution in [0.2, 0.25) is 0 Å². The number of methoxy groups -OCH3 is 1. The van der Waals surface area contributed by atoms with Crippen molar-refractivity contribution < 1.29 is 23.0 Å². The van der Waals surface area contributed by atoms with E-state index in [0.717, 1.165) is 65.2 Å². The lowest BCUT2D eigenvalue weighted by atomic mass is 9.85. The molecule has 1 spiro atoms. The van der Waals surface area contributed by atoms with E-state index in [9.17, 15) is 9.18 Å². The van der Waals surface area contributed by atoms with Gasteiger partial charge in [-0.05, 0) is 79.3 Å². The van der Waals surface area contributed by atoms with E-state index in [4.69, 9.17) is 14.5 Å². The minimum absolute atomic E-state index is 0.0845. The normalized spacial score (nSPS) is 19.1. The Morgan fingerprint density at radius 1 is 1.02 bits per heavy atom. The van der Waals surface area contributed by atoms with Crippen LogP contribution in [0.3, 0.4) is 0 Å². The van der Waals surface area contributed by atoms with Crippen molar-refractivity contribution in [2.24, 2.45) is 18.4 Å². The summed E-state index contributed by atoms with van der Waals surface area (Å²) >= 11 is 0. The number of imidazole rings is 1. The van der Waals surface area contributed by atoms with Gasteiger partial charge in [0.2, 0.25) is 0 Å². The quantitative estimate of drug-likeness (QED) is 0.181. The number of halogens is 2. The minimum Gasteiger partial charge on any atom is -0.471 e. The van der Waals surface area contributed by atoms with E-state index in [1.807, 2.05) is 48.5 Å². The molecule has 2 aromatic carbocycles. The third-order valence-corrected chi connectivity index (χ3v) is 10.4. The van der Waals surface area contributed by atoms with Crippen molar-refractivity contribution in [3.05, 3.63) is 77.2 Å². The molecule has 3 aromatic heterocycles. The van der Waals surface area contributed by atoms with Gasteiger partial charge in [0.15, 0.2) is 17.5 Å². The average Bonchev–Trinajstić information content (AvgIpc) is 3.39. The molecule has 8 rings (SSSR count). The van der Waals surface area contributed by atoms with Crippen molar-refractivity contribution in [2.75, 3.05) is 25.1 Å². The highest BCUT2D eigenvalue weighted by molar-refractivity contribution is 5.93. The largest absolute Gasteiger partial charge is 0.471 e. The molecule has 3 fully saturated rings. The maximum Gasteiger partial charge on any atom is 0.337 e. The molecule has 4 heterocycles. The van der Waals surface area contributed by atoms with Gasteiger partial charge in [0.25, 0.3) is 5.88 Å². The first kappa shape index (κ1) is 28.9. The molecule has 9 nitrogen and oxygen atoms in total. The van der Waals surface area contributed by atoms with Crippen LogP contribution in [0.4, 0.5) is 14.6 Å². The van der Waals surface area contributed by atoms with Crippen molar-refractivity contribution in [3.63, 3.8) is 0 Å². The zero-order valence-electron chi connectivity index (χ0n) is 26.0. The molecule has 11 heteroatoms. The van der Waals surface area contributed by atoms with Gasteiger partial charge >= 0.3 is 5.97 Å². The van der Waals surface area contributed by atoms with Crippen LogP contribution in [-0.4, -0.2) is 50.5 Å². The highest BCUT2D eigenvalue weighted by Gasteiger charge is 2.57. The van der Waals surface area contributed by atoms with Crippen LogP contribution in [0.25, 0.3) is 21.9 Å². The summed E-state index contributed by atoms with van der Waals surface area (Å²) in [6, 6.07) is 12.2. The van der Waals surface area contributed by atoms with E-state index in [1.165, 1.54) is 26.4 Å². The SMILES string of the molecule is COC(=O)c1ccc2nc(C3CC34CCN(c3nc(OCc5ccc6nn(C)cc6c5)c(F)cc3F)CC4)n(CC3CCC3)c2c1. The Morgan fingerprint density at radius 3 is 2.59 bits per heavy atom. The minimum atomic E-state index is -0.819. The van der Waals surface area contributed by atoms with Gasteiger partial charge in [-0.25, -0.2) is 18.6 Å². The molecule has 1 saturated heterocycles. The van der Waals surface area contributed by atoms with Crippen LogP contribution in [0.5, 0.6) is 5.88 Å². The van der Waals surface area contributed by atoms with Gasteiger partial charge in [0.1, 0.15) is 12.4 Å². The number of hydrogen-bond donors (Lipinski definition) is 0. The molecular formula is C35H36F2N6O3. The van der Waals surface area contributed by atoms with E-state index in [1.54, 1.807) is 10.7 Å². The first-order chi connectivity index (χ1) is 22.3. The number of carbonyl (C=O) groups excluding carboxylic acids is 1. The number of nitrogens with zero attached hydrogens (tertiary/aromatic N) is 6. The second kappa shape index (κ2) is 11.1. The number of piperidine rings is 1. The number of aryl methyl sites for hydroxylation is 1. The highest BCUT2D eigenvalue weighted by Crippen LogP contribution is 2.65. The molecule has 3 aliphatic rings. The molecular weight excluding hydrogens is 590 g/mol. The van der Waals surface area contributed by atoms with E-state index in [0.29, 0.717) is 30.5 Å². The van der Waals surface area contributed by atoms with Crippen molar-refractivity contribution in [1.82, 2.24) is 24.3 Å². The zero-order valence-corrected chi connectivity index (χ0v) is 26.0. The molecule has 2 saturated carbocycles. The maximum atomic E-state index is 15.1. The molecule has 0 bridgehead atoms. The summed E-state index contributed by atoms with van der Waals surface area (Å²) < 4.78 is 44.7. The lowest BCUT2D eigenvalue weighted by Gasteiger charge is -2.34. The van der Waals surface area contributed by atoms with Crippen LogP contribution >= 0.6 is 0 Å². The predicted octanol–water partition coefficient (Wildman–Crippen LogP) is 6.54. The number of benzene rings is 2. The fourth-order valence-electron chi connectivity index (χ4n) is 7.41. The lowest BCUT2D eigenvalue weighted by Crippen LogP contribution is -2.36. The van der Waals surface area contributed by atoms with E-state index in [2.05, 4.69) is 14.6 Å². The van der Waals surface area contributed by atoms with Crippen molar-refractivity contribution in [3.8, 4) is 5.88 Å². The van der Waals surface area contributed by atoms with Crippen molar-refractivity contribution in [1.29, 1.82) is 0 Å². The number of esters is 1. The molecule has 2 aliphatic carbocycles. The predicted molar refractivity (Wildman–Crippen MR) is 169 cm³/mol. The van der Waals surface area contributed by atoms with Gasteiger partial charge in [0, 0.05) is 50.2 Å². The zero-order chi connectivity index (χ0) is 31.6. The topological polar surface area (TPSA) is 87.3 Å². The molecule has 5 aromatic rings. The fourth-order valence-corrected chi connectivity index (χ4v) is 7.41. The Balaban J connectivity index is 0.987. The number of hydrogen-bond acceptors (Lipinski definition) is 7. The van der Waals surface area contributed by atoms with Gasteiger partial charge in [-0.2, -0.15) is 10.1 Å². The highest BCUT2D eigenvalue weighted by atomic mass is 19.1. The van der Waals surface area contributed by atoms with Crippen molar-refractivity contribution >= 4 is 33.7 Å². The molecule has 0 amide bonds. The Kier molecular flexibility index (Phi) is 6.95. The summed E-state index contributed by atoms with van der Waals surface area (Å²) in [5.41, 5.74) is 4.20. The number of carbonyl (C=O) groups is 1. The van der Waals surface area contributed by atoms with Crippen LogP contribution < -0.4 is 9.64 Å². The molecule has 1 atom stereocenters. The van der Waals surface area contributed by atoms with Gasteiger partial charge in [-0.15, -0.1) is 0 Å². The number of aromatic nitrogens is 5. The third kappa shape index (κ3) is 5.05. The molecule has 1 aliphatic heterocycles. The maximum absolute atomic E-state index is 15.1. The second-order valence-corrected chi connectivity index (χ2v) is 13.2. The summed E-state index contributed by atoms with van der Waals surface area (Å²) in [7, 11) is 3.26. The summed E-state index contributed by atoms with van der Waals surface area (Å²) in [6.45, 7) is 2.23. The molecule has 0 radical (unpaired) electrons.